The molecule has 0 heterocycles. The highest BCUT2D eigenvalue weighted by atomic mass is 32.2. The minimum absolute atomic E-state index is 0.0767. The van der Waals surface area contributed by atoms with Gasteiger partial charge in [0.15, 0.2) is 0 Å². The molecule has 0 fully saturated rings. The summed E-state index contributed by atoms with van der Waals surface area (Å²) in [7, 11) is 0. The van der Waals surface area contributed by atoms with Crippen LogP contribution < -0.4 is 11.1 Å². The lowest BCUT2D eigenvalue weighted by atomic mass is 10.1. The summed E-state index contributed by atoms with van der Waals surface area (Å²) in [6.07, 6.45) is 2.06. The van der Waals surface area contributed by atoms with Gasteiger partial charge in [-0.25, -0.2) is 0 Å². The molecule has 0 aliphatic rings. The second kappa shape index (κ2) is 7.53. The van der Waals surface area contributed by atoms with Gasteiger partial charge >= 0.3 is 5.97 Å². The van der Waals surface area contributed by atoms with Crippen molar-refractivity contribution in [3.8, 4) is 0 Å². The van der Waals surface area contributed by atoms with E-state index in [0.717, 1.165) is 0 Å². The number of carbonyl (C=O) groups is 2. The summed E-state index contributed by atoms with van der Waals surface area (Å²) in [4.78, 5) is 21.6. The van der Waals surface area contributed by atoms with Gasteiger partial charge in [-0.2, -0.15) is 11.8 Å². The van der Waals surface area contributed by atoms with Crippen LogP contribution >= 0.6 is 11.8 Å². The zero-order valence-corrected chi connectivity index (χ0v) is 9.84. The molecule has 15 heavy (non-hydrogen) atoms. The van der Waals surface area contributed by atoms with Crippen molar-refractivity contribution < 1.29 is 14.7 Å². The molecule has 5 nitrogen and oxygen atoms in total. The van der Waals surface area contributed by atoms with E-state index in [1.165, 1.54) is 0 Å². The highest BCUT2D eigenvalue weighted by Crippen LogP contribution is 2.03. The van der Waals surface area contributed by atoms with Crippen molar-refractivity contribution in [2.24, 2.45) is 5.73 Å². The molecular formula is C9H18N2O3S. The average molecular weight is 234 g/mol. The van der Waals surface area contributed by atoms with Gasteiger partial charge in [-0.1, -0.05) is 6.92 Å². The third-order valence-corrected chi connectivity index (χ3v) is 2.94. The van der Waals surface area contributed by atoms with Crippen molar-refractivity contribution in [3.63, 3.8) is 0 Å². The van der Waals surface area contributed by atoms with Crippen LogP contribution in [0, 0.1) is 0 Å². The Morgan fingerprint density at radius 2 is 2.13 bits per heavy atom. The molecule has 4 N–H and O–H groups in total. The Balaban J connectivity index is 3.74. The summed E-state index contributed by atoms with van der Waals surface area (Å²) in [6, 6.07) is -0.727. The molecule has 0 aromatic heterocycles. The summed E-state index contributed by atoms with van der Waals surface area (Å²) in [5.41, 5.74) is 5.51. The molecule has 2 unspecified atom stereocenters. The Morgan fingerprint density at radius 3 is 2.60 bits per heavy atom. The molecule has 0 aliphatic heterocycles. The fraction of sp³-hybridized carbons (Fsp3) is 0.778. The topological polar surface area (TPSA) is 92.4 Å². The highest BCUT2D eigenvalue weighted by molar-refractivity contribution is 7.99. The van der Waals surface area contributed by atoms with E-state index in [4.69, 9.17) is 10.8 Å². The minimum Gasteiger partial charge on any atom is -0.481 e. The lowest BCUT2D eigenvalue weighted by Crippen LogP contribution is -2.42. The van der Waals surface area contributed by atoms with E-state index < -0.39 is 12.0 Å². The second-order valence-corrected chi connectivity index (χ2v) is 4.61. The van der Waals surface area contributed by atoms with Crippen LogP contribution in [0.2, 0.25) is 0 Å². The fourth-order valence-corrected chi connectivity index (χ4v) is 1.12. The first-order valence-electron chi connectivity index (χ1n) is 4.75. The van der Waals surface area contributed by atoms with Crippen LogP contribution in [0.4, 0.5) is 0 Å². The number of nitrogens with two attached hydrogens (primary N) is 1. The number of hydrogen-bond acceptors (Lipinski definition) is 4. The van der Waals surface area contributed by atoms with Gasteiger partial charge in [-0.05, 0) is 12.7 Å². The lowest BCUT2D eigenvalue weighted by molar-refractivity contribution is -0.137. The van der Waals surface area contributed by atoms with E-state index >= 15 is 0 Å². The number of aliphatic carboxylic acids is 1. The van der Waals surface area contributed by atoms with Gasteiger partial charge in [0, 0.05) is 18.2 Å². The average Bonchev–Trinajstić information content (AvgIpc) is 2.21. The SMILES string of the molecule is CSC(C)CNC(=O)C(N)CCC(=O)O. The molecule has 88 valence electrons. The van der Waals surface area contributed by atoms with Gasteiger partial charge in [0.05, 0.1) is 6.04 Å². The van der Waals surface area contributed by atoms with E-state index in [1.54, 1.807) is 11.8 Å². The van der Waals surface area contributed by atoms with Crippen molar-refractivity contribution in [3.05, 3.63) is 0 Å². The fourth-order valence-electron chi connectivity index (χ4n) is 0.869. The number of carboxylic acids is 1. The monoisotopic (exact) mass is 234 g/mol. The molecule has 6 heteroatoms. The number of carboxylic acid groups (broad SMARTS) is 1. The first-order chi connectivity index (χ1) is 6.97. The third-order valence-electron chi connectivity index (χ3n) is 1.97. The highest BCUT2D eigenvalue weighted by Gasteiger charge is 2.14. The number of hydrogen-bond donors (Lipinski definition) is 3. The third kappa shape index (κ3) is 7.21. The largest absolute Gasteiger partial charge is 0.481 e. The van der Waals surface area contributed by atoms with Gasteiger partial charge in [0.25, 0.3) is 0 Å². The molecule has 0 aliphatic carbocycles. The van der Waals surface area contributed by atoms with Crippen LogP contribution in [0.1, 0.15) is 19.8 Å². The molecule has 0 spiro atoms. The predicted octanol–water partition coefficient (Wildman–Crippen LogP) is 0.0462. The van der Waals surface area contributed by atoms with Crippen molar-refractivity contribution in [2.45, 2.75) is 31.1 Å². The lowest BCUT2D eigenvalue weighted by Gasteiger charge is -2.13. The van der Waals surface area contributed by atoms with Crippen LogP contribution in [-0.4, -0.2) is 41.1 Å². The number of thioether (sulfide) groups is 1. The quantitative estimate of drug-likeness (QED) is 0.578. The van der Waals surface area contributed by atoms with Gasteiger partial charge in [-0.3, -0.25) is 9.59 Å². The maximum atomic E-state index is 11.3. The van der Waals surface area contributed by atoms with E-state index in [1.807, 2.05) is 13.2 Å². The molecule has 2 atom stereocenters. The summed E-state index contributed by atoms with van der Waals surface area (Å²) in [5, 5.41) is 11.4. The van der Waals surface area contributed by atoms with Gasteiger partial charge in [0.1, 0.15) is 0 Å². The molecule has 0 radical (unpaired) electrons. The Hall–Kier alpha value is -0.750. The van der Waals surface area contributed by atoms with Gasteiger partial charge < -0.3 is 16.2 Å². The summed E-state index contributed by atoms with van der Waals surface area (Å²) >= 11 is 1.65. The molecule has 0 saturated heterocycles. The van der Waals surface area contributed by atoms with E-state index in [2.05, 4.69) is 5.32 Å². The van der Waals surface area contributed by atoms with E-state index in [-0.39, 0.29) is 18.7 Å². The Morgan fingerprint density at radius 1 is 1.53 bits per heavy atom. The van der Waals surface area contributed by atoms with Gasteiger partial charge in [0.2, 0.25) is 5.91 Å². The van der Waals surface area contributed by atoms with Gasteiger partial charge in [-0.15, -0.1) is 0 Å². The van der Waals surface area contributed by atoms with E-state index in [9.17, 15) is 9.59 Å². The number of nitrogens with one attached hydrogen (secondary N) is 1. The van der Waals surface area contributed by atoms with Crippen LogP contribution in [0.25, 0.3) is 0 Å². The minimum atomic E-state index is -0.935. The Bertz CT molecular complexity index is 223. The maximum Gasteiger partial charge on any atom is 0.303 e. The first-order valence-corrected chi connectivity index (χ1v) is 6.04. The van der Waals surface area contributed by atoms with Crippen molar-refractivity contribution in [1.29, 1.82) is 0 Å². The van der Waals surface area contributed by atoms with Crippen LogP contribution in [0.15, 0.2) is 0 Å². The first kappa shape index (κ1) is 14.2. The van der Waals surface area contributed by atoms with Crippen molar-refractivity contribution >= 4 is 23.6 Å². The summed E-state index contributed by atoms with van der Waals surface area (Å²) in [6.45, 7) is 2.55. The molecule has 0 rings (SSSR count). The number of amides is 1. The molecule has 1 amide bonds. The van der Waals surface area contributed by atoms with Crippen LogP contribution in [0.5, 0.6) is 0 Å². The summed E-state index contributed by atoms with van der Waals surface area (Å²) < 4.78 is 0. The molecular weight excluding hydrogens is 216 g/mol. The van der Waals surface area contributed by atoms with Crippen molar-refractivity contribution in [2.75, 3.05) is 12.8 Å². The van der Waals surface area contributed by atoms with Crippen LogP contribution in [-0.2, 0) is 9.59 Å². The predicted molar refractivity (Wildman–Crippen MR) is 60.8 cm³/mol. The number of rotatable bonds is 7. The maximum absolute atomic E-state index is 11.3. The Labute approximate surface area is 93.8 Å². The molecule has 0 saturated carbocycles. The second-order valence-electron chi connectivity index (χ2n) is 3.33. The zero-order chi connectivity index (χ0) is 11.8. The number of carbonyl (C=O) groups excluding carboxylic acids is 1. The van der Waals surface area contributed by atoms with E-state index in [0.29, 0.717) is 11.8 Å². The Kier molecular flexibility index (Phi) is 7.15. The molecule has 0 aromatic carbocycles. The standard InChI is InChI=1S/C9H18N2O3S/c1-6(15-2)5-11-9(14)7(10)3-4-8(12)13/h6-7H,3-5,10H2,1-2H3,(H,11,14)(H,12,13). The zero-order valence-electron chi connectivity index (χ0n) is 9.03. The smallest absolute Gasteiger partial charge is 0.303 e. The molecule has 0 bridgehead atoms. The summed E-state index contributed by atoms with van der Waals surface area (Å²) in [5.74, 6) is -1.21. The van der Waals surface area contributed by atoms with Crippen LogP contribution in [0.3, 0.4) is 0 Å². The normalized spacial score (nSPS) is 14.3. The molecule has 0 aromatic rings. The van der Waals surface area contributed by atoms with Crippen molar-refractivity contribution in [1.82, 2.24) is 5.32 Å².